The van der Waals surface area contributed by atoms with Gasteiger partial charge in [-0.3, -0.25) is 9.48 Å². The van der Waals surface area contributed by atoms with Gasteiger partial charge in [-0.2, -0.15) is 5.10 Å². The van der Waals surface area contributed by atoms with Crippen molar-refractivity contribution in [3.8, 4) is 5.75 Å². The number of halogens is 4. The molecule has 0 aliphatic carbocycles. The molecule has 1 N–H and O–H groups in total. The smallest absolute Gasteiger partial charge is 0.292 e. The third-order valence-corrected chi connectivity index (χ3v) is 6.21. The number of nitrogens with one attached hydrogen (secondary N) is 1. The summed E-state index contributed by atoms with van der Waals surface area (Å²) in [6.45, 7) is 0.667. The summed E-state index contributed by atoms with van der Waals surface area (Å²) in [6.07, 6.45) is 1.76. The number of amides is 1. The number of nitrogens with zero attached hydrogens (tertiary/aromatic N) is 2. The molecule has 2 heterocycles. The summed E-state index contributed by atoms with van der Waals surface area (Å²) in [5, 5.41) is 8.11. The van der Waals surface area contributed by atoms with Gasteiger partial charge in [0.2, 0.25) is 0 Å². The maximum Gasteiger partial charge on any atom is 0.292 e. The molecule has 32 heavy (non-hydrogen) atoms. The van der Waals surface area contributed by atoms with Crippen LogP contribution in [0.4, 0.5) is 5.82 Å². The summed E-state index contributed by atoms with van der Waals surface area (Å²) in [4.78, 5) is 12.6. The van der Waals surface area contributed by atoms with Gasteiger partial charge in [0.1, 0.15) is 18.1 Å². The first kappa shape index (κ1) is 22.9. The molecule has 0 bridgehead atoms. The fraction of sp³-hybridized carbons (Fsp3) is 0.0909. The molecule has 0 spiro atoms. The largest absolute Gasteiger partial charge is 0.486 e. The molecular weight excluding hydrogens is 585 g/mol. The summed E-state index contributed by atoms with van der Waals surface area (Å²) in [7, 11) is 0. The molecule has 10 heteroatoms. The van der Waals surface area contributed by atoms with Crippen LogP contribution in [0.2, 0.25) is 10.0 Å². The minimum absolute atomic E-state index is 0.158. The van der Waals surface area contributed by atoms with Gasteiger partial charge in [-0.05, 0) is 70.0 Å². The number of carbonyl (C=O) groups excluding carboxylic acids is 1. The molecule has 6 nitrogen and oxygen atoms in total. The van der Waals surface area contributed by atoms with Crippen LogP contribution in [0.3, 0.4) is 0 Å². The fourth-order valence-corrected chi connectivity index (χ4v) is 3.82. The van der Waals surface area contributed by atoms with Crippen LogP contribution < -0.4 is 10.1 Å². The number of hydrogen-bond acceptors (Lipinski definition) is 4. The minimum atomic E-state index is -0.416. The maximum atomic E-state index is 12.6. The Hall–Kier alpha value is -2.26. The lowest BCUT2D eigenvalue weighted by Crippen LogP contribution is -2.12. The minimum Gasteiger partial charge on any atom is -0.486 e. The topological polar surface area (TPSA) is 69.3 Å². The van der Waals surface area contributed by atoms with Crippen LogP contribution in [0.25, 0.3) is 0 Å². The Morgan fingerprint density at radius 1 is 1.06 bits per heavy atom. The quantitative estimate of drug-likeness (QED) is 0.244. The van der Waals surface area contributed by atoms with Crippen molar-refractivity contribution in [3.05, 3.63) is 96.9 Å². The molecule has 0 saturated carbocycles. The van der Waals surface area contributed by atoms with Crippen LogP contribution in [0.1, 0.15) is 21.9 Å². The van der Waals surface area contributed by atoms with Gasteiger partial charge < -0.3 is 14.5 Å². The van der Waals surface area contributed by atoms with Crippen LogP contribution in [0.5, 0.6) is 5.75 Å². The van der Waals surface area contributed by atoms with Gasteiger partial charge in [0.05, 0.1) is 21.1 Å². The predicted molar refractivity (Wildman–Crippen MR) is 131 cm³/mol. The van der Waals surface area contributed by atoms with E-state index >= 15 is 0 Å². The highest BCUT2D eigenvalue weighted by Crippen LogP contribution is 2.25. The van der Waals surface area contributed by atoms with Gasteiger partial charge in [-0.15, -0.1) is 0 Å². The van der Waals surface area contributed by atoms with E-state index in [0.29, 0.717) is 38.4 Å². The van der Waals surface area contributed by atoms with Gasteiger partial charge in [-0.25, -0.2) is 0 Å². The van der Waals surface area contributed by atoms with E-state index in [0.717, 1.165) is 10.0 Å². The van der Waals surface area contributed by atoms with E-state index in [4.69, 9.17) is 32.4 Å². The van der Waals surface area contributed by atoms with Crippen molar-refractivity contribution in [2.24, 2.45) is 0 Å². The second kappa shape index (κ2) is 10.1. The van der Waals surface area contributed by atoms with Crippen molar-refractivity contribution >= 4 is 66.8 Å². The number of furan rings is 1. The number of rotatable bonds is 7. The Morgan fingerprint density at radius 2 is 1.84 bits per heavy atom. The first-order valence-electron chi connectivity index (χ1n) is 9.33. The first-order chi connectivity index (χ1) is 15.4. The number of anilines is 1. The monoisotopic (exact) mass is 597 g/mol. The van der Waals surface area contributed by atoms with Crippen molar-refractivity contribution in [3.63, 3.8) is 0 Å². The Kier molecular flexibility index (Phi) is 7.25. The molecule has 1 amide bonds. The molecule has 164 valence electrons. The molecule has 0 saturated heterocycles. The van der Waals surface area contributed by atoms with Crippen LogP contribution >= 0.6 is 55.1 Å². The highest BCUT2D eigenvalue weighted by molar-refractivity contribution is 9.10. The summed E-state index contributed by atoms with van der Waals surface area (Å²) in [5.74, 6) is 1.35. The predicted octanol–water partition coefficient (Wildman–Crippen LogP) is 7.19. The molecule has 0 aliphatic rings. The Labute approximate surface area is 210 Å². The SMILES string of the molecule is O=C(Nc1nn(Cc2ccc(Cl)c(Cl)c2)cc1Br)c1ccc(COc2ccc(Br)cc2)o1. The normalized spacial score (nSPS) is 10.9. The zero-order valence-electron chi connectivity index (χ0n) is 16.3. The van der Waals surface area contributed by atoms with Crippen LogP contribution in [0, 0.1) is 0 Å². The standard InChI is InChI=1S/C22H15Br2Cl2N3O3/c23-14-2-4-15(5-3-14)31-12-16-6-8-20(32-16)22(30)27-21-17(24)11-29(28-21)10-13-1-7-18(25)19(26)9-13/h1-9,11H,10,12H2,(H,27,28,30). The molecule has 0 fully saturated rings. The van der Waals surface area contributed by atoms with Gasteiger partial charge in [0, 0.05) is 10.7 Å². The lowest BCUT2D eigenvalue weighted by molar-refractivity contribution is 0.0992. The third kappa shape index (κ3) is 5.75. The number of ether oxygens (including phenoxy) is 1. The van der Waals surface area contributed by atoms with Crippen molar-refractivity contribution in [2.45, 2.75) is 13.2 Å². The van der Waals surface area contributed by atoms with Crippen molar-refractivity contribution in [2.75, 3.05) is 5.32 Å². The maximum absolute atomic E-state index is 12.6. The number of carbonyl (C=O) groups is 1. The fourth-order valence-electron chi connectivity index (χ4n) is 2.82. The lowest BCUT2D eigenvalue weighted by atomic mass is 10.2. The van der Waals surface area contributed by atoms with Crippen molar-refractivity contribution in [1.82, 2.24) is 9.78 Å². The third-order valence-electron chi connectivity index (χ3n) is 4.36. The van der Waals surface area contributed by atoms with Crippen LogP contribution in [0.15, 0.2) is 74.2 Å². The van der Waals surface area contributed by atoms with E-state index in [-0.39, 0.29) is 12.4 Å². The number of hydrogen-bond donors (Lipinski definition) is 1. The first-order valence-corrected chi connectivity index (χ1v) is 11.7. The summed E-state index contributed by atoms with van der Waals surface area (Å²) in [6, 6.07) is 16.1. The summed E-state index contributed by atoms with van der Waals surface area (Å²) >= 11 is 18.8. The zero-order chi connectivity index (χ0) is 22.7. The number of aromatic nitrogens is 2. The van der Waals surface area contributed by atoms with E-state index in [1.807, 2.05) is 30.3 Å². The van der Waals surface area contributed by atoms with Crippen molar-refractivity contribution in [1.29, 1.82) is 0 Å². The molecular formula is C22H15Br2Cl2N3O3. The number of benzene rings is 2. The van der Waals surface area contributed by atoms with E-state index in [2.05, 4.69) is 42.3 Å². The average Bonchev–Trinajstić information content (AvgIpc) is 3.37. The zero-order valence-corrected chi connectivity index (χ0v) is 21.0. The van der Waals surface area contributed by atoms with Crippen LogP contribution in [-0.2, 0) is 13.2 Å². The Balaban J connectivity index is 1.37. The van der Waals surface area contributed by atoms with Crippen molar-refractivity contribution < 1.29 is 13.9 Å². The summed E-state index contributed by atoms with van der Waals surface area (Å²) in [5.41, 5.74) is 0.925. The molecule has 2 aromatic carbocycles. The molecule has 4 rings (SSSR count). The molecule has 0 radical (unpaired) electrons. The van der Waals surface area contributed by atoms with E-state index in [1.54, 1.807) is 35.1 Å². The van der Waals surface area contributed by atoms with Crippen LogP contribution in [-0.4, -0.2) is 15.7 Å². The van der Waals surface area contributed by atoms with E-state index in [1.165, 1.54) is 0 Å². The molecule has 2 aromatic heterocycles. The summed E-state index contributed by atoms with van der Waals surface area (Å²) < 4.78 is 14.6. The van der Waals surface area contributed by atoms with E-state index < -0.39 is 5.91 Å². The average molecular weight is 600 g/mol. The van der Waals surface area contributed by atoms with Gasteiger partial charge in [0.25, 0.3) is 5.91 Å². The molecule has 0 atom stereocenters. The Morgan fingerprint density at radius 3 is 2.59 bits per heavy atom. The second-order valence-electron chi connectivity index (χ2n) is 6.73. The highest BCUT2D eigenvalue weighted by atomic mass is 79.9. The molecule has 0 unspecified atom stereocenters. The lowest BCUT2D eigenvalue weighted by Gasteiger charge is -2.04. The molecule has 4 aromatic rings. The van der Waals surface area contributed by atoms with Gasteiger partial charge >= 0.3 is 0 Å². The highest BCUT2D eigenvalue weighted by Gasteiger charge is 2.16. The van der Waals surface area contributed by atoms with Gasteiger partial charge in [0.15, 0.2) is 11.6 Å². The molecule has 0 aliphatic heterocycles. The second-order valence-corrected chi connectivity index (χ2v) is 9.32. The Bertz CT molecular complexity index is 1260. The van der Waals surface area contributed by atoms with E-state index in [9.17, 15) is 4.79 Å². The van der Waals surface area contributed by atoms with Gasteiger partial charge in [-0.1, -0.05) is 45.2 Å².